The summed E-state index contributed by atoms with van der Waals surface area (Å²) in [5.41, 5.74) is 1.43. The molecule has 23 heavy (non-hydrogen) atoms. The Morgan fingerprint density at radius 1 is 1.09 bits per heavy atom. The highest BCUT2D eigenvalue weighted by molar-refractivity contribution is 5.97. The molecule has 1 saturated heterocycles. The molecule has 0 spiro atoms. The second-order valence-electron chi connectivity index (χ2n) is 5.64. The lowest BCUT2D eigenvalue weighted by Gasteiger charge is -2.15. The molecule has 3 amide bonds. The second kappa shape index (κ2) is 8.31. The van der Waals surface area contributed by atoms with Gasteiger partial charge in [-0.2, -0.15) is 0 Å². The van der Waals surface area contributed by atoms with Crippen LogP contribution in [0, 0.1) is 0 Å². The standard InChI is InChI=1S/C17H23N3O3/c1-13(21)18-10-2-3-11-19-17(23)14-6-8-15(9-7-14)20-12-4-5-16(20)22/h6-9H,2-5,10-12H2,1H3,(H,18,21)(H,19,23). The molecule has 2 rings (SSSR count). The van der Waals surface area contributed by atoms with E-state index in [9.17, 15) is 14.4 Å². The van der Waals surface area contributed by atoms with Gasteiger partial charge in [0.15, 0.2) is 0 Å². The normalized spacial score (nSPS) is 14.0. The summed E-state index contributed by atoms with van der Waals surface area (Å²) in [7, 11) is 0. The lowest BCUT2D eigenvalue weighted by molar-refractivity contribution is -0.119. The quantitative estimate of drug-likeness (QED) is 0.747. The van der Waals surface area contributed by atoms with Crippen LogP contribution in [0.25, 0.3) is 0 Å². The molecule has 0 aromatic heterocycles. The van der Waals surface area contributed by atoms with Gasteiger partial charge in [-0.25, -0.2) is 0 Å². The summed E-state index contributed by atoms with van der Waals surface area (Å²) in [4.78, 5) is 36.2. The Balaban J connectivity index is 1.74. The molecule has 124 valence electrons. The Morgan fingerprint density at radius 2 is 1.74 bits per heavy atom. The summed E-state index contributed by atoms with van der Waals surface area (Å²) in [6.45, 7) is 3.44. The van der Waals surface area contributed by atoms with Crippen molar-refractivity contribution in [2.75, 3.05) is 24.5 Å². The fraction of sp³-hybridized carbons (Fsp3) is 0.471. The van der Waals surface area contributed by atoms with E-state index in [1.54, 1.807) is 17.0 Å². The summed E-state index contributed by atoms with van der Waals surface area (Å²) in [5, 5.41) is 5.57. The van der Waals surface area contributed by atoms with Crippen LogP contribution in [0.3, 0.4) is 0 Å². The van der Waals surface area contributed by atoms with Gasteiger partial charge in [0.05, 0.1) is 0 Å². The first kappa shape index (κ1) is 17.0. The number of benzene rings is 1. The fourth-order valence-electron chi connectivity index (χ4n) is 2.53. The molecule has 0 radical (unpaired) electrons. The van der Waals surface area contributed by atoms with Crippen LogP contribution in [0.1, 0.15) is 43.0 Å². The molecular formula is C17H23N3O3. The number of hydrogen-bond donors (Lipinski definition) is 2. The molecule has 1 aromatic carbocycles. The molecule has 0 bridgehead atoms. The van der Waals surface area contributed by atoms with Gasteiger partial charge in [-0.15, -0.1) is 0 Å². The van der Waals surface area contributed by atoms with E-state index in [0.717, 1.165) is 31.5 Å². The number of amides is 3. The molecule has 1 aliphatic rings. The van der Waals surface area contributed by atoms with Crippen molar-refractivity contribution in [2.24, 2.45) is 0 Å². The zero-order valence-corrected chi connectivity index (χ0v) is 13.4. The minimum atomic E-state index is -0.121. The van der Waals surface area contributed by atoms with Gasteiger partial charge >= 0.3 is 0 Å². The van der Waals surface area contributed by atoms with E-state index in [0.29, 0.717) is 25.1 Å². The minimum Gasteiger partial charge on any atom is -0.356 e. The fourth-order valence-corrected chi connectivity index (χ4v) is 2.53. The third-order valence-electron chi connectivity index (χ3n) is 3.78. The van der Waals surface area contributed by atoms with Gasteiger partial charge in [0.1, 0.15) is 0 Å². The molecule has 6 heteroatoms. The molecule has 1 aliphatic heterocycles. The Hall–Kier alpha value is -2.37. The molecule has 1 aromatic rings. The third kappa shape index (κ3) is 5.09. The van der Waals surface area contributed by atoms with Crippen molar-refractivity contribution in [3.8, 4) is 0 Å². The predicted molar refractivity (Wildman–Crippen MR) is 88.3 cm³/mol. The molecule has 1 fully saturated rings. The number of unbranched alkanes of at least 4 members (excludes halogenated alkanes) is 1. The summed E-state index contributed by atoms with van der Waals surface area (Å²) >= 11 is 0. The predicted octanol–water partition coefficient (Wildman–Crippen LogP) is 1.46. The topological polar surface area (TPSA) is 78.5 Å². The van der Waals surface area contributed by atoms with Gasteiger partial charge in [0.25, 0.3) is 5.91 Å². The lowest BCUT2D eigenvalue weighted by Crippen LogP contribution is -2.26. The SMILES string of the molecule is CC(=O)NCCCCNC(=O)c1ccc(N2CCCC2=O)cc1. The smallest absolute Gasteiger partial charge is 0.251 e. The van der Waals surface area contributed by atoms with Crippen LogP contribution >= 0.6 is 0 Å². The summed E-state index contributed by atoms with van der Waals surface area (Å²) < 4.78 is 0. The number of carbonyl (C=O) groups is 3. The van der Waals surface area contributed by atoms with Crippen molar-refractivity contribution >= 4 is 23.4 Å². The van der Waals surface area contributed by atoms with E-state index in [-0.39, 0.29) is 17.7 Å². The third-order valence-corrected chi connectivity index (χ3v) is 3.78. The zero-order chi connectivity index (χ0) is 16.7. The van der Waals surface area contributed by atoms with E-state index in [1.807, 2.05) is 12.1 Å². The van der Waals surface area contributed by atoms with Gasteiger partial charge in [-0.1, -0.05) is 0 Å². The van der Waals surface area contributed by atoms with Crippen LogP contribution in [-0.2, 0) is 9.59 Å². The van der Waals surface area contributed by atoms with E-state index in [1.165, 1.54) is 6.92 Å². The highest BCUT2D eigenvalue weighted by Gasteiger charge is 2.21. The number of rotatable bonds is 7. The summed E-state index contributed by atoms with van der Waals surface area (Å²) in [6, 6.07) is 7.12. The van der Waals surface area contributed by atoms with Gasteiger partial charge < -0.3 is 15.5 Å². The first-order chi connectivity index (χ1) is 11.1. The molecule has 1 heterocycles. The van der Waals surface area contributed by atoms with Crippen molar-refractivity contribution < 1.29 is 14.4 Å². The van der Waals surface area contributed by atoms with E-state index in [4.69, 9.17) is 0 Å². The van der Waals surface area contributed by atoms with Crippen molar-refractivity contribution in [1.82, 2.24) is 10.6 Å². The van der Waals surface area contributed by atoms with E-state index >= 15 is 0 Å². The maximum absolute atomic E-state index is 12.0. The lowest BCUT2D eigenvalue weighted by atomic mass is 10.2. The Kier molecular flexibility index (Phi) is 6.14. The Morgan fingerprint density at radius 3 is 2.30 bits per heavy atom. The molecule has 0 saturated carbocycles. The monoisotopic (exact) mass is 317 g/mol. The Labute approximate surface area is 136 Å². The van der Waals surface area contributed by atoms with Crippen LogP contribution in [-0.4, -0.2) is 37.4 Å². The number of anilines is 1. The first-order valence-corrected chi connectivity index (χ1v) is 8.01. The van der Waals surface area contributed by atoms with Crippen molar-refractivity contribution in [1.29, 1.82) is 0 Å². The zero-order valence-electron chi connectivity index (χ0n) is 13.4. The maximum atomic E-state index is 12.0. The van der Waals surface area contributed by atoms with Gasteiger partial charge in [0.2, 0.25) is 11.8 Å². The largest absolute Gasteiger partial charge is 0.356 e. The highest BCUT2D eigenvalue weighted by Crippen LogP contribution is 2.21. The molecule has 2 N–H and O–H groups in total. The maximum Gasteiger partial charge on any atom is 0.251 e. The second-order valence-corrected chi connectivity index (χ2v) is 5.64. The molecule has 0 atom stereocenters. The van der Waals surface area contributed by atoms with Crippen LogP contribution in [0.2, 0.25) is 0 Å². The average Bonchev–Trinajstić information content (AvgIpc) is 2.96. The first-order valence-electron chi connectivity index (χ1n) is 8.01. The number of nitrogens with zero attached hydrogens (tertiary/aromatic N) is 1. The van der Waals surface area contributed by atoms with Crippen LogP contribution in [0.4, 0.5) is 5.69 Å². The van der Waals surface area contributed by atoms with Crippen molar-refractivity contribution in [3.63, 3.8) is 0 Å². The van der Waals surface area contributed by atoms with E-state index < -0.39 is 0 Å². The number of nitrogens with one attached hydrogen (secondary N) is 2. The van der Waals surface area contributed by atoms with Crippen molar-refractivity contribution in [2.45, 2.75) is 32.6 Å². The van der Waals surface area contributed by atoms with Crippen molar-refractivity contribution in [3.05, 3.63) is 29.8 Å². The van der Waals surface area contributed by atoms with Crippen LogP contribution < -0.4 is 15.5 Å². The highest BCUT2D eigenvalue weighted by atomic mass is 16.2. The molecule has 6 nitrogen and oxygen atoms in total. The minimum absolute atomic E-state index is 0.0365. The summed E-state index contributed by atoms with van der Waals surface area (Å²) in [5.74, 6) is -0.0178. The van der Waals surface area contributed by atoms with Crippen LogP contribution in [0.15, 0.2) is 24.3 Å². The number of carbonyl (C=O) groups excluding carboxylic acids is 3. The van der Waals surface area contributed by atoms with Gasteiger partial charge in [0, 0.05) is 44.2 Å². The molecule has 0 unspecified atom stereocenters. The average molecular weight is 317 g/mol. The molecular weight excluding hydrogens is 294 g/mol. The van der Waals surface area contributed by atoms with Crippen LogP contribution in [0.5, 0.6) is 0 Å². The molecule has 0 aliphatic carbocycles. The summed E-state index contributed by atoms with van der Waals surface area (Å²) in [6.07, 6.45) is 3.13. The van der Waals surface area contributed by atoms with Gasteiger partial charge in [-0.3, -0.25) is 14.4 Å². The van der Waals surface area contributed by atoms with E-state index in [2.05, 4.69) is 10.6 Å². The van der Waals surface area contributed by atoms with Gasteiger partial charge in [-0.05, 0) is 43.5 Å². The number of hydrogen-bond acceptors (Lipinski definition) is 3. The Bertz CT molecular complexity index is 569.